The minimum Gasteiger partial charge on any atom is -0.342 e. The number of carbonyl (C=O) groups excluding carboxylic acids is 3. The van der Waals surface area contributed by atoms with Crippen LogP contribution in [-0.4, -0.2) is 49.1 Å². The van der Waals surface area contributed by atoms with Crippen LogP contribution in [0.3, 0.4) is 0 Å². The van der Waals surface area contributed by atoms with Crippen LogP contribution in [0.25, 0.3) is 10.8 Å². The first kappa shape index (κ1) is 21.7. The third-order valence-corrected chi connectivity index (χ3v) is 5.42. The second kappa shape index (κ2) is 9.69. The van der Waals surface area contributed by atoms with Gasteiger partial charge in [0.25, 0.3) is 0 Å². The lowest BCUT2D eigenvalue weighted by Crippen LogP contribution is -2.62. The van der Waals surface area contributed by atoms with Gasteiger partial charge in [-0.3, -0.25) is 14.4 Å². The Morgan fingerprint density at radius 1 is 1.07 bits per heavy atom. The molecule has 3 amide bonds. The number of nitrogens with two attached hydrogens (primary N) is 1. The van der Waals surface area contributed by atoms with Crippen molar-refractivity contribution in [2.24, 2.45) is 5.73 Å². The van der Waals surface area contributed by atoms with E-state index in [1.165, 1.54) is 6.92 Å². The van der Waals surface area contributed by atoms with Gasteiger partial charge in [-0.15, -0.1) is 0 Å². The molecular formula is C22H29N5O3. The summed E-state index contributed by atoms with van der Waals surface area (Å²) in [6.07, 6.45) is 1.33. The number of benzene rings is 2. The highest BCUT2D eigenvalue weighted by Crippen LogP contribution is 2.18. The van der Waals surface area contributed by atoms with Crippen LogP contribution in [0.2, 0.25) is 0 Å². The van der Waals surface area contributed by atoms with Gasteiger partial charge in [-0.05, 0) is 42.3 Å². The standard InChI is InChI=1S/C22H29N5O3/c1-15(28)25-14-26-20(29)19(27-21(30)22(23)8-10-24-11-9-22)13-16-6-7-17-4-2-3-5-18(17)12-16/h2-7,12,19,24H,8-11,13-14,23H2,1H3,(H,25,28)(H,26,29)(H,27,30). The normalized spacial score (nSPS) is 16.5. The maximum atomic E-state index is 12.9. The Morgan fingerprint density at radius 3 is 2.47 bits per heavy atom. The third kappa shape index (κ3) is 5.55. The van der Waals surface area contributed by atoms with Gasteiger partial charge in [-0.25, -0.2) is 0 Å². The summed E-state index contributed by atoms with van der Waals surface area (Å²) >= 11 is 0. The Kier molecular flexibility index (Phi) is 7.02. The topological polar surface area (TPSA) is 125 Å². The van der Waals surface area contributed by atoms with Gasteiger partial charge >= 0.3 is 0 Å². The number of hydrogen-bond acceptors (Lipinski definition) is 5. The fourth-order valence-electron chi connectivity index (χ4n) is 3.59. The Bertz CT molecular complexity index is 924. The molecule has 1 saturated heterocycles. The van der Waals surface area contributed by atoms with Crippen molar-refractivity contribution in [3.63, 3.8) is 0 Å². The number of carbonyl (C=O) groups is 3. The molecule has 2 aromatic carbocycles. The lowest BCUT2D eigenvalue weighted by Gasteiger charge is -2.33. The summed E-state index contributed by atoms with van der Waals surface area (Å²) in [6, 6.07) is 13.1. The Balaban J connectivity index is 1.75. The van der Waals surface area contributed by atoms with Gasteiger partial charge in [0.2, 0.25) is 17.7 Å². The average Bonchev–Trinajstić information content (AvgIpc) is 2.73. The largest absolute Gasteiger partial charge is 0.342 e. The summed E-state index contributed by atoms with van der Waals surface area (Å²) in [6.45, 7) is 2.69. The van der Waals surface area contributed by atoms with Crippen molar-refractivity contribution in [2.45, 2.75) is 37.8 Å². The maximum absolute atomic E-state index is 12.9. The summed E-state index contributed by atoms with van der Waals surface area (Å²) in [5, 5.41) is 13.4. The van der Waals surface area contributed by atoms with E-state index >= 15 is 0 Å². The van der Waals surface area contributed by atoms with E-state index in [-0.39, 0.29) is 24.4 Å². The SMILES string of the molecule is CC(=O)NCNC(=O)C(Cc1ccc2ccccc2c1)NC(=O)C1(N)CCNCC1. The Morgan fingerprint density at radius 2 is 1.77 bits per heavy atom. The van der Waals surface area contributed by atoms with E-state index in [0.717, 1.165) is 16.3 Å². The molecule has 0 radical (unpaired) electrons. The zero-order valence-corrected chi connectivity index (χ0v) is 17.2. The summed E-state index contributed by atoms with van der Waals surface area (Å²) in [5.74, 6) is -0.951. The van der Waals surface area contributed by atoms with Gasteiger partial charge in [0.05, 0.1) is 12.2 Å². The average molecular weight is 412 g/mol. The smallest absolute Gasteiger partial charge is 0.244 e. The second-order valence-corrected chi connectivity index (χ2v) is 7.77. The first-order valence-electron chi connectivity index (χ1n) is 10.2. The molecule has 0 spiro atoms. The summed E-state index contributed by atoms with van der Waals surface area (Å²) in [5.41, 5.74) is 6.24. The van der Waals surface area contributed by atoms with E-state index in [2.05, 4.69) is 21.3 Å². The van der Waals surface area contributed by atoms with Crippen molar-refractivity contribution in [3.05, 3.63) is 48.0 Å². The number of nitrogens with one attached hydrogen (secondary N) is 4. The quantitative estimate of drug-likeness (QED) is 0.415. The van der Waals surface area contributed by atoms with E-state index < -0.39 is 11.6 Å². The van der Waals surface area contributed by atoms with Gasteiger partial charge < -0.3 is 27.0 Å². The highest BCUT2D eigenvalue weighted by Gasteiger charge is 2.37. The molecule has 1 atom stereocenters. The lowest BCUT2D eigenvalue weighted by molar-refractivity contribution is -0.132. The number of fused-ring (bicyclic) bond motifs is 1. The number of amides is 3. The third-order valence-electron chi connectivity index (χ3n) is 5.42. The first-order valence-corrected chi connectivity index (χ1v) is 10.2. The molecule has 160 valence electrons. The summed E-state index contributed by atoms with van der Waals surface area (Å²) < 4.78 is 0. The summed E-state index contributed by atoms with van der Waals surface area (Å²) in [7, 11) is 0. The Labute approximate surface area is 176 Å². The highest BCUT2D eigenvalue weighted by atomic mass is 16.2. The van der Waals surface area contributed by atoms with E-state index in [9.17, 15) is 14.4 Å². The van der Waals surface area contributed by atoms with Crippen molar-refractivity contribution in [2.75, 3.05) is 19.8 Å². The molecule has 8 heteroatoms. The molecule has 0 saturated carbocycles. The summed E-state index contributed by atoms with van der Waals surface area (Å²) in [4.78, 5) is 36.8. The molecule has 1 aliphatic heterocycles. The molecule has 1 aliphatic rings. The molecule has 3 rings (SSSR count). The van der Waals surface area contributed by atoms with Gasteiger partial charge in [0.15, 0.2) is 0 Å². The predicted molar refractivity (Wildman–Crippen MR) is 115 cm³/mol. The molecular weight excluding hydrogens is 382 g/mol. The number of rotatable bonds is 7. The zero-order chi connectivity index (χ0) is 21.6. The van der Waals surface area contributed by atoms with Gasteiger partial charge in [-0.1, -0.05) is 42.5 Å². The van der Waals surface area contributed by atoms with Crippen LogP contribution in [-0.2, 0) is 20.8 Å². The van der Waals surface area contributed by atoms with Crippen LogP contribution >= 0.6 is 0 Å². The van der Waals surface area contributed by atoms with Crippen molar-refractivity contribution in [1.29, 1.82) is 0 Å². The monoisotopic (exact) mass is 411 g/mol. The molecule has 1 heterocycles. The van der Waals surface area contributed by atoms with Crippen LogP contribution in [0, 0.1) is 0 Å². The molecule has 0 aliphatic carbocycles. The van der Waals surface area contributed by atoms with E-state index in [1.807, 2.05) is 42.5 Å². The zero-order valence-electron chi connectivity index (χ0n) is 17.2. The van der Waals surface area contributed by atoms with E-state index in [4.69, 9.17) is 5.73 Å². The number of hydrogen-bond donors (Lipinski definition) is 5. The first-order chi connectivity index (χ1) is 14.4. The molecule has 0 bridgehead atoms. The maximum Gasteiger partial charge on any atom is 0.244 e. The minimum atomic E-state index is -0.995. The lowest BCUT2D eigenvalue weighted by atomic mass is 9.88. The van der Waals surface area contributed by atoms with Crippen LogP contribution in [0.4, 0.5) is 0 Å². The molecule has 2 aromatic rings. The molecule has 1 unspecified atom stereocenters. The molecule has 1 fully saturated rings. The van der Waals surface area contributed by atoms with Crippen LogP contribution in [0.15, 0.2) is 42.5 Å². The molecule has 6 N–H and O–H groups in total. The van der Waals surface area contributed by atoms with E-state index in [1.54, 1.807) is 0 Å². The molecule has 30 heavy (non-hydrogen) atoms. The van der Waals surface area contributed by atoms with Gasteiger partial charge in [-0.2, -0.15) is 0 Å². The molecule has 8 nitrogen and oxygen atoms in total. The van der Waals surface area contributed by atoms with Gasteiger partial charge in [0.1, 0.15) is 6.04 Å². The van der Waals surface area contributed by atoms with E-state index in [0.29, 0.717) is 32.4 Å². The van der Waals surface area contributed by atoms with Crippen LogP contribution < -0.4 is 27.0 Å². The molecule has 0 aromatic heterocycles. The predicted octanol–water partition coefficient (Wildman–Crippen LogP) is 0.158. The van der Waals surface area contributed by atoms with Gasteiger partial charge in [0, 0.05) is 13.3 Å². The highest BCUT2D eigenvalue weighted by molar-refractivity contribution is 5.92. The second-order valence-electron chi connectivity index (χ2n) is 7.77. The number of piperidine rings is 1. The fraction of sp³-hybridized carbons (Fsp3) is 0.409. The van der Waals surface area contributed by atoms with Crippen molar-refractivity contribution in [3.8, 4) is 0 Å². The van der Waals surface area contributed by atoms with Crippen molar-refractivity contribution in [1.82, 2.24) is 21.3 Å². The minimum absolute atomic E-state index is 0.00402. The van der Waals surface area contributed by atoms with Crippen LogP contribution in [0.5, 0.6) is 0 Å². The fourth-order valence-corrected chi connectivity index (χ4v) is 3.59. The Hall–Kier alpha value is -2.97. The van der Waals surface area contributed by atoms with Crippen molar-refractivity contribution < 1.29 is 14.4 Å². The van der Waals surface area contributed by atoms with Crippen molar-refractivity contribution >= 4 is 28.5 Å². The van der Waals surface area contributed by atoms with Crippen LogP contribution in [0.1, 0.15) is 25.3 Å².